The lowest BCUT2D eigenvalue weighted by molar-refractivity contribution is -0.123. The van der Waals surface area contributed by atoms with E-state index < -0.39 is 14.6 Å². The smallest absolute Gasteiger partial charge is 0.241 e. The van der Waals surface area contributed by atoms with Gasteiger partial charge >= 0.3 is 0 Å². The summed E-state index contributed by atoms with van der Waals surface area (Å²) in [5.41, 5.74) is 7.65. The van der Waals surface area contributed by atoms with E-state index in [1.807, 2.05) is 19.1 Å². The number of carbonyl (C=O) groups is 1. The molecule has 1 aromatic carbocycles. The minimum atomic E-state index is -3.76. The maximum Gasteiger partial charge on any atom is 0.241 e. The molecule has 2 saturated carbocycles. The van der Waals surface area contributed by atoms with E-state index in [0.717, 1.165) is 31.2 Å². The van der Waals surface area contributed by atoms with E-state index in [-0.39, 0.29) is 16.8 Å². The summed E-state index contributed by atoms with van der Waals surface area (Å²) >= 11 is 0. The number of carbonyl (C=O) groups excluding carboxylic acids is 1. The molecule has 0 saturated heterocycles. The van der Waals surface area contributed by atoms with Gasteiger partial charge in [0.1, 0.15) is 0 Å². The van der Waals surface area contributed by atoms with Crippen molar-refractivity contribution < 1.29 is 13.2 Å². The van der Waals surface area contributed by atoms with Gasteiger partial charge in [-0.25, -0.2) is 8.42 Å². The molecular weight excluding hydrogens is 336 g/mol. The standard InChI is InChI=1S/C19H28N2O3S/c1-13-5-6-14(2)17(11-13)25(23,24)19(9-3-4-10-19)18(22)21-12-16(20)15-7-8-15/h5-6,11,15-16H,3-4,7-10,12,20H2,1-2H3,(H,21,22). The van der Waals surface area contributed by atoms with E-state index in [4.69, 9.17) is 5.73 Å². The molecule has 0 aromatic heterocycles. The van der Waals surface area contributed by atoms with Gasteiger partial charge in [-0.1, -0.05) is 25.0 Å². The van der Waals surface area contributed by atoms with E-state index in [2.05, 4.69) is 5.32 Å². The van der Waals surface area contributed by atoms with Crippen molar-refractivity contribution in [2.45, 2.75) is 68.1 Å². The lowest BCUT2D eigenvalue weighted by Crippen LogP contribution is -2.53. The quantitative estimate of drug-likeness (QED) is 0.810. The molecule has 0 heterocycles. The summed E-state index contributed by atoms with van der Waals surface area (Å²) in [7, 11) is -3.76. The molecule has 2 aliphatic carbocycles. The lowest BCUT2D eigenvalue weighted by atomic mass is 10.1. The molecule has 138 valence electrons. The number of nitrogens with one attached hydrogen (secondary N) is 1. The van der Waals surface area contributed by atoms with Crippen LogP contribution in [-0.4, -0.2) is 31.7 Å². The number of hydrogen-bond acceptors (Lipinski definition) is 4. The fraction of sp³-hybridized carbons (Fsp3) is 0.632. The molecule has 2 aliphatic rings. The van der Waals surface area contributed by atoms with Gasteiger partial charge in [0.05, 0.1) is 4.90 Å². The number of rotatable bonds is 6. The van der Waals surface area contributed by atoms with Crippen LogP contribution in [0.1, 0.15) is 49.7 Å². The van der Waals surface area contributed by atoms with Crippen molar-refractivity contribution in [1.82, 2.24) is 5.32 Å². The summed E-state index contributed by atoms with van der Waals surface area (Å²) in [6, 6.07) is 5.32. The molecule has 1 amide bonds. The first kappa shape index (κ1) is 18.4. The molecule has 25 heavy (non-hydrogen) atoms. The summed E-state index contributed by atoms with van der Waals surface area (Å²) < 4.78 is 25.6. The maximum atomic E-state index is 13.5. The minimum absolute atomic E-state index is 0.0780. The first-order chi connectivity index (χ1) is 11.8. The van der Waals surface area contributed by atoms with E-state index in [1.54, 1.807) is 13.0 Å². The second-order valence-corrected chi connectivity index (χ2v) is 9.91. The highest BCUT2D eigenvalue weighted by atomic mass is 32.2. The van der Waals surface area contributed by atoms with Gasteiger partial charge in [0.15, 0.2) is 14.6 Å². The third-order valence-corrected chi connectivity index (χ3v) is 8.34. The van der Waals surface area contributed by atoms with Gasteiger partial charge in [0, 0.05) is 12.6 Å². The number of benzene rings is 1. The molecule has 1 aromatic rings. The van der Waals surface area contributed by atoms with Gasteiger partial charge in [-0.3, -0.25) is 4.79 Å². The Balaban J connectivity index is 1.90. The van der Waals surface area contributed by atoms with Crippen LogP contribution in [0.3, 0.4) is 0 Å². The van der Waals surface area contributed by atoms with Crippen LogP contribution >= 0.6 is 0 Å². The molecule has 1 unspecified atom stereocenters. The topological polar surface area (TPSA) is 89.3 Å². The molecular formula is C19H28N2O3S. The number of aryl methyl sites for hydroxylation is 2. The van der Waals surface area contributed by atoms with Crippen molar-refractivity contribution >= 4 is 15.7 Å². The summed E-state index contributed by atoms with van der Waals surface area (Å²) in [5.74, 6) is 0.0949. The summed E-state index contributed by atoms with van der Waals surface area (Å²) in [5, 5.41) is 2.85. The van der Waals surface area contributed by atoms with Gasteiger partial charge < -0.3 is 11.1 Å². The second kappa shape index (κ2) is 6.72. The van der Waals surface area contributed by atoms with E-state index in [1.165, 1.54) is 0 Å². The van der Waals surface area contributed by atoms with Crippen molar-refractivity contribution in [2.75, 3.05) is 6.54 Å². The minimum Gasteiger partial charge on any atom is -0.353 e. The molecule has 6 heteroatoms. The normalized spacial score (nSPS) is 21.1. The van der Waals surface area contributed by atoms with E-state index in [9.17, 15) is 13.2 Å². The van der Waals surface area contributed by atoms with Crippen LogP contribution in [-0.2, 0) is 14.6 Å². The molecule has 0 spiro atoms. The highest BCUT2D eigenvalue weighted by Crippen LogP contribution is 2.42. The highest BCUT2D eigenvalue weighted by molar-refractivity contribution is 7.93. The van der Waals surface area contributed by atoms with Crippen molar-refractivity contribution in [3.63, 3.8) is 0 Å². The van der Waals surface area contributed by atoms with Crippen LogP contribution in [0.2, 0.25) is 0 Å². The maximum absolute atomic E-state index is 13.5. The summed E-state index contributed by atoms with van der Waals surface area (Å²) in [6.07, 6.45) is 4.48. The Morgan fingerprint density at radius 3 is 2.52 bits per heavy atom. The second-order valence-electron chi connectivity index (χ2n) is 7.69. The Morgan fingerprint density at radius 2 is 1.92 bits per heavy atom. The van der Waals surface area contributed by atoms with Crippen LogP contribution < -0.4 is 11.1 Å². The first-order valence-electron chi connectivity index (χ1n) is 9.14. The molecule has 3 N–H and O–H groups in total. The predicted molar refractivity (Wildman–Crippen MR) is 98.0 cm³/mol. The molecule has 5 nitrogen and oxygen atoms in total. The lowest BCUT2D eigenvalue weighted by Gasteiger charge is -2.29. The fourth-order valence-electron chi connectivity index (χ4n) is 3.83. The Bertz CT molecular complexity index is 763. The van der Waals surface area contributed by atoms with Gasteiger partial charge in [-0.15, -0.1) is 0 Å². The number of sulfone groups is 1. The van der Waals surface area contributed by atoms with Crippen molar-refractivity contribution in [2.24, 2.45) is 11.7 Å². The molecule has 1 atom stereocenters. The molecule has 0 aliphatic heterocycles. The Morgan fingerprint density at radius 1 is 1.28 bits per heavy atom. The highest BCUT2D eigenvalue weighted by Gasteiger charge is 2.53. The summed E-state index contributed by atoms with van der Waals surface area (Å²) in [4.78, 5) is 13.3. The van der Waals surface area contributed by atoms with Crippen LogP contribution in [0.25, 0.3) is 0 Å². The van der Waals surface area contributed by atoms with Gasteiger partial charge in [0.25, 0.3) is 0 Å². The average Bonchev–Trinajstić information content (AvgIpc) is 3.30. The SMILES string of the molecule is Cc1ccc(C)c(S(=O)(=O)C2(C(=O)NCC(N)C3CC3)CCCC2)c1. The van der Waals surface area contributed by atoms with Crippen LogP contribution in [0.4, 0.5) is 0 Å². The summed E-state index contributed by atoms with van der Waals surface area (Å²) in [6.45, 7) is 4.01. The third-order valence-electron chi connectivity index (χ3n) is 5.70. The van der Waals surface area contributed by atoms with Crippen molar-refractivity contribution in [3.8, 4) is 0 Å². The van der Waals surface area contributed by atoms with Crippen molar-refractivity contribution in [1.29, 1.82) is 0 Å². The number of nitrogens with two attached hydrogens (primary N) is 1. The van der Waals surface area contributed by atoms with Gasteiger partial charge in [-0.05, 0) is 62.6 Å². The third kappa shape index (κ3) is 3.34. The molecule has 2 fully saturated rings. The zero-order chi connectivity index (χ0) is 18.2. The van der Waals surface area contributed by atoms with Gasteiger partial charge in [-0.2, -0.15) is 0 Å². The largest absolute Gasteiger partial charge is 0.353 e. The van der Waals surface area contributed by atoms with Crippen LogP contribution in [0.15, 0.2) is 23.1 Å². The van der Waals surface area contributed by atoms with E-state index in [0.29, 0.717) is 30.9 Å². The predicted octanol–water partition coefficient (Wildman–Crippen LogP) is 2.24. The Hall–Kier alpha value is -1.40. The fourth-order valence-corrected chi connectivity index (χ4v) is 6.23. The molecule has 0 bridgehead atoms. The zero-order valence-corrected chi connectivity index (χ0v) is 15.9. The molecule has 0 radical (unpaired) electrons. The average molecular weight is 365 g/mol. The Kier molecular flexibility index (Phi) is 4.95. The molecule has 3 rings (SSSR count). The van der Waals surface area contributed by atoms with Crippen LogP contribution in [0, 0.1) is 19.8 Å². The van der Waals surface area contributed by atoms with Crippen LogP contribution in [0.5, 0.6) is 0 Å². The Labute approximate surface area is 150 Å². The monoisotopic (exact) mass is 364 g/mol. The van der Waals surface area contributed by atoms with Gasteiger partial charge in [0.2, 0.25) is 5.91 Å². The zero-order valence-electron chi connectivity index (χ0n) is 15.0. The number of amides is 1. The number of hydrogen-bond donors (Lipinski definition) is 2. The van der Waals surface area contributed by atoms with E-state index >= 15 is 0 Å². The van der Waals surface area contributed by atoms with Crippen molar-refractivity contribution in [3.05, 3.63) is 29.3 Å². The first-order valence-corrected chi connectivity index (χ1v) is 10.6.